The van der Waals surface area contributed by atoms with Gasteiger partial charge in [-0.05, 0) is 24.8 Å². The second kappa shape index (κ2) is 5.42. The summed E-state index contributed by atoms with van der Waals surface area (Å²) in [7, 11) is 0. The summed E-state index contributed by atoms with van der Waals surface area (Å²) >= 11 is 1.62. The van der Waals surface area contributed by atoms with Crippen molar-refractivity contribution in [2.75, 3.05) is 11.9 Å². The highest BCUT2D eigenvalue weighted by molar-refractivity contribution is 7.17. The third-order valence-electron chi connectivity index (χ3n) is 2.61. The maximum Gasteiger partial charge on any atom is 0.148 e. The zero-order valence-corrected chi connectivity index (χ0v) is 10.9. The average molecular weight is 251 g/mol. The summed E-state index contributed by atoms with van der Waals surface area (Å²) in [6, 6.07) is 2.06. The van der Waals surface area contributed by atoms with Crippen molar-refractivity contribution in [1.82, 2.24) is 9.97 Å². The van der Waals surface area contributed by atoms with Crippen molar-refractivity contribution in [3.05, 3.63) is 17.3 Å². The number of aromatic nitrogens is 2. The van der Waals surface area contributed by atoms with E-state index in [0.717, 1.165) is 34.7 Å². The summed E-state index contributed by atoms with van der Waals surface area (Å²) in [5.41, 5.74) is 0.971. The molecule has 2 N–H and O–H groups in total. The van der Waals surface area contributed by atoms with Crippen molar-refractivity contribution < 1.29 is 5.11 Å². The molecule has 1 atom stereocenters. The number of thiophene rings is 1. The second-order valence-electron chi connectivity index (χ2n) is 4.07. The number of anilines is 1. The van der Waals surface area contributed by atoms with Crippen LogP contribution in [0, 0.1) is 6.92 Å². The molecule has 0 amide bonds. The zero-order chi connectivity index (χ0) is 12.3. The third-order valence-corrected chi connectivity index (χ3v) is 3.52. The molecule has 0 radical (unpaired) electrons. The molecule has 0 spiro atoms. The van der Waals surface area contributed by atoms with Gasteiger partial charge < -0.3 is 10.4 Å². The quantitative estimate of drug-likeness (QED) is 0.857. The number of hydrogen-bond donors (Lipinski definition) is 2. The van der Waals surface area contributed by atoms with Gasteiger partial charge in [0.15, 0.2) is 0 Å². The van der Waals surface area contributed by atoms with Gasteiger partial charge >= 0.3 is 0 Å². The Balaban J connectivity index is 2.30. The largest absolute Gasteiger partial charge is 0.394 e. The van der Waals surface area contributed by atoms with E-state index in [0.29, 0.717) is 0 Å². The van der Waals surface area contributed by atoms with E-state index in [4.69, 9.17) is 0 Å². The van der Waals surface area contributed by atoms with Gasteiger partial charge in [-0.15, -0.1) is 11.3 Å². The van der Waals surface area contributed by atoms with E-state index in [2.05, 4.69) is 22.2 Å². The minimum atomic E-state index is 0.0691. The van der Waals surface area contributed by atoms with Gasteiger partial charge in [0.05, 0.1) is 22.9 Å². The summed E-state index contributed by atoms with van der Waals surface area (Å²) in [5.74, 6) is 1.60. The van der Waals surface area contributed by atoms with Gasteiger partial charge in [0.1, 0.15) is 11.6 Å². The molecule has 2 rings (SSSR count). The lowest BCUT2D eigenvalue weighted by molar-refractivity contribution is 0.268. The summed E-state index contributed by atoms with van der Waals surface area (Å²) in [5, 5.41) is 14.6. The van der Waals surface area contributed by atoms with E-state index in [-0.39, 0.29) is 12.6 Å². The fraction of sp³-hybridized carbons (Fsp3) is 0.500. The molecule has 2 aromatic heterocycles. The fourth-order valence-corrected chi connectivity index (χ4v) is 2.61. The van der Waals surface area contributed by atoms with Gasteiger partial charge in [-0.3, -0.25) is 0 Å². The molecule has 17 heavy (non-hydrogen) atoms. The van der Waals surface area contributed by atoms with Gasteiger partial charge in [0, 0.05) is 0 Å². The predicted molar refractivity (Wildman–Crippen MR) is 71.6 cm³/mol. The summed E-state index contributed by atoms with van der Waals surface area (Å²) in [6.45, 7) is 4.12. The van der Waals surface area contributed by atoms with Crippen LogP contribution in [-0.4, -0.2) is 27.7 Å². The van der Waals surface area contributed by atoms with Gasteiger partial charge in [-0.1, -0.05) is 13.3 Å². The predicted octanol–water partition coefficient (Wildman–Crippen LogP) is 2.57. The van der Waals surface area contributed by atoms with Crippen LogP contribution in [0.15, 0.2) is 11.4 Å². The molecule has 0 aliphatic carbocycles. The number of aliphatic hydroxyl groups excluding tert-OH is 1. The van der Waals surface area contributed by atoms with Crippen molar-refractivity contribution in [1.29, 1.82) is 0 Å². The number of rotatable bonds is 5. The van der Waals surface area contributed by atoms with Gasteiger partial charge in [-0.25, -0.2) is 9.97 Å². The molecule has 2 heterocycles. The average Bonchev–Trinajstić information content (AvgIpc) is 2.76. The van der Waals surface area contributed by atoms with Crippen LogP contribution in [0.1, 0.15) is 25.6 Å². The number of aryl methyl sites for hydroxylation is 1. The molecule has 0 bridgehead atoms. The molecular weight excluding hydrogens is 234 g/mol. The van der Waals surface area contributed by atoms with E-state index >= 15 is 0 Å². The first-order valence-electron chi connectivity index (χ1n) is 5.83. The first-order chi connectivity index (χ1) is 8.24. The molecule has 2 aromatic rings. The Morgan fingerprint density at radius 1 is 1.47 bits per heavy atom. The molecule has 92 valence electrons. The number of hydrogen-bond acceptors (Lipinski definition) is 5. The lowest BCUT2D eigenvalue weighted by Gasteiger charge is -2.16. The molecule has 0 aromatic carbocycles. The van der Waals surface area contributed by atoms with E-state index in [1.54, 1.807) is 11.3 Å². The number of aliphatic hydroxyl groups is 1. The van der Waals surface area contributed by atoms with Crippen LogP contribution in [0.25, 0.3) is 10.2 Å². The summed E-state index contributed by atoms with van der Waals surface area (Å²) in [6.07, 6.45) is 1.97. The molecule has 0 fully saturated rings. The molecule has 0 saturated heterocycles. The Morgan fingerprint density at radius 2 is 2.29 bits per heavy atom. The molecule has 0 aliphatic rings. The molecule has 0 aliphatic heterocycles. The Hall–Kier alpha value is -1.20. The number of nitrogens with zero attached hydrogens (tertiary/aromatic N) is 2. The Morgan fingerprint density at radius 3 is 3.00 bits per heavy atom. The highest BCUT2D eigenvalue weighted by Crippen LogP contribution is 2.26. The SMILES string of the molecule is CCC[C@H](CO)Nc1nc(C)nc2ccsc12. The third kappa shape index (κ3) is 2.73. The number of fused-ring (bicyclic) bond motifs is 1. The van der Waals surface area contributed by atoms with Gasteiger partial charge in [0.25, 0.3) is 0 Å². The first kappa shape index (κ1) is 12.3. The van der Waals surface area contributed by atoms with Crippen molar-refractivity contribution in [2.45, 2.75) is 32.7 Å². The van der Waals surface area contributed by atoms with Crippen LogP contribution in [0.4, 0.5) is 5.82 Å². The topological polar surface area (TPSA) is 58.0 Å². The molecule has 0 saturated carbocycles. The van der Waals surface area contributed by atoms with Crippen LogP contribution >= 0.6 is 11.3 Å². The highest BCUT2D eigenvalue weighted by atomic mass is 32.1. The first-order valence-corrected chi connectivity index (χ1v) is 6.71. The summed E-state index contributed by atoms with van der Waals surface area (Å²) < 4.78 is 1.06. The maximum atomic E-state index is 9.31. The molecule has 5 heteroatoms. The minimum Gasteiger partial charge on any atom is -0.394 e. The maximum absolute atomic E-state index is 9.31. The second-order valence-corrected chi connectivity index (χ2v) is 4.98. The molecular formula is C12H17N3OS. The van der Waals surface area contributed by atoms with E-state index in [1.165, 1.54) is 0 Å². The standard InChI is InChI=1S/C12H17N3OS/c1-3-4-9(7-16)15-12-11-10(5-6-17-11)13-8(2)14-12/h5-6,9,16H,3-4,7H2,1-2H3,(H,13,14,15)/t9-/m1/s1. The Bertz CT molecular complexity index is 497. The van der Waals surface area contributed by atoms with Crippen molar-refractivity contribution in [2.24, 2.45) is 0 Å². The fourth-order valence-electron chi connectivity index (χ4n) is 1.83. The van der Waals surface area contributed by atoms with E-state index < -0.39 is 0 Å². The van der Waals surface area contributed by atoms with Crippen LogP contribution < -0.4 is 5.32 Å². The highest BCUT2D eigenvalue weighted by Gasteiger charge is 2.11. The van der Waals surface area contributed by atoms with Crippen LogP contribution in [0.5, 0.6) is 0 Å². The van der Waals surface area contributed by atoms with Crippen molar-refractivity contribution in [3.63, 3.8) is 0 Å². The molecule has 4 nitrogen and oxygen atoms in total. The minimum absolute atomic E-state index is 0.0691. The van der Waals surface area contributed by atoms with Crippen molar-refractivity contribution >= 4 is 27.4 Å². The monoisotopic (exact) mass is 251 g/mol. The zero-order valence-electron chi connectivity index (χ0n) is 10.1. The van der Waals surface area contributed by atoms with E-state index in [9.17, 15) is 5.11 Å². The van der Waals surface area contributed by atoms with E-state index in [1.807, 2.05) is 18.4 Å². The lowest BCUT2D eigenvalue weighted by Crippen LogP contribution is -2.24. The Labute approximate surface area is 105 Å². The van der Waals surface area contributed by atoms with Crippen LogP contribution in [-0.2, 0) is 0 Å². The van der Waals surface area contributed by atoms with Crippen LogP contribution in [0.3, 0.4) is 0 Å². The van der Waals surface area contributed by atoms with Crippen molar-refractivity contribution in [3.8, 4) is 0 Å². The smallest absolute Gasteiger partial charge is 0.148 e. The number of nitrogens with one attached hydrogen (secondary N) is 1. The van der Waals surface area contributed by atoms with Crippen LogP contribution in [0.2, 0.25) is 0 Å². The molecule has 0 unspecified atom stereocenters. The van der Waals surface area contributed by atoms with Gasteiger partial charge in [-0.2, -0.15) is 0 Å². The van der Waals surface area contributed by atoms with Gasteiger partial charge in [0.2, 0.25) is 0 Å². The normalized spacial score (nSPS) is 12.9. The lowest BCUT2D eigenvalue weighted by atomic mass is 10.2. The summed E-state index contributed by atoms with van der Waals surface area (Å²) in [4.78, 5) is 8.79. The Kier molecular flexibility index (Phi) is 3.91.